The maximum atomic E-state index is 5.61. The minimum Gasteiger partial charge on any atom is -0.491 e. The van der Waals surface area contributed by atoms with Crippen LogP contribution in [0.25, 0.3) is 0 Å². The molecule has 6 nitrogen and oxygen atoms in total. The minimum absolute atomic E-state index is 0.546. The van der Waals surface area contributed by atoms with Crippen LogP contribution in [0.5, 0.6) is 5.75 Å². The summed E-state index contributed by atoms with van der Waals surface area (Å²) < 4.78 is 15.9. The van der Waals surface area contributed by atoms with E-state index in [0.29, 0.717) is 26.4 Å². The van der Waals surface area contributed by atoms with Crippen LogP contribution in [0.3, 0.4) is 0 Å². The van der Waals surface area contributed by atoms with Crippen molar-refractivity contribution in [1.82, 2.24) is 10.6 Å². The molecule has 6 heteroatoms. The number of hydrogen-bond acceptors (Lipinski definition) is 4. The lowest BCUT2D eigenvalue weighted by atomic mass is 10.2. The second-order valence-corrected chi connectivity index (χ2v) is 4.81. The molecule has 1 rings (SSSR count). The molecular formula is C17H29N3O3. The van der Waals surface area contributed by atoms with Gasteiger partial charge in [0.25, 0.3) is 0 Å². The Labute approximate surface area is 139 Å². The second kappa shape index (κ2) is 12.7. The van der Waals surface area contributed by atoms with Crippen molar-refractivity contribution in [3.05, 3.63) is 29.8 Å². The first-order valence-electron chi connectivity index (χ1n) is 8.10. The number of nitrogens with one attached hydrogen (secondary N) is 2. The highest BCUT2D eigenvalue weighted by Crippen LogP contribution is 2.14. The molecule has 1 aromatic carbocycles. The van der Waals surface area contributed by atoms with Crippen molar-refractivity contribution in [1.29, 1.82) is 0 Å². The third-order valence-electron chi connectivity index (χ3n) is 2.96. The Balaban J connectivity index is 2.51. The smallest absolute Gasteiger partial charge is 0.191 e. The van der Waals surface area contributed by atoms with Gasteiger partial charge in [-0.1, -0.05) is 12.1 Å². The van der Waals surface area contributed by atoms with Gasteiger partial charge in [0.05, 0.1) is 19.8 Å². The first-order chi connectivity index (χ1) is 11.3. The maximum Gasteiger partial charge on any atom is 0.191 e. The van der Waals surface area contributed by atoms with Crippen LogP contribution >= 0.6 is 0 Å². The van der Waals surface area contributed by atoms with Gasteiger partial charge in [0, 0.05) is 26.8 Å². The van der Waals surface area contributed by atoms with E-state index >= 15 is 0 Å². The summed E-state index contributed by atoms with van der Waals surface area (Å²) in [5, 5.41) is 6.47. The highest BCUT2D eigenvalue weighted by Gasteiger charge is 1.99. The SMILES string of the molecule is CCNC(=NCc1cccc(OCCOC)c1)NCCOCC. The van der Waals surface area contributed by atoms with Crippen LogP contribution in [0.15, 0.2) is 29.3 Å². The monoisotopic (exact) mass is 323 g/mol. The number of nitrogens with zero attached hydrogens (tertiary/aromatic N) is 1. The molecule has 2 N–H and O–H groups in total. The highest BCUT2D eigenvalue weighted by atomic mass is 16.5. The third-order valence-corrected chi connectivity index (χ3v) is 2.96. The Bertz CT molecular complexity index is 452. The standard InChI is InChI=1S/C17H29N3O3/c1-4-18-17(19-9-10-22-5-2)20-14-15-7-6-8-16(13-15)23-12-11-21-3/h6-8,13H,4-5,9-12,14H2,1-3H3,(H2,18,19,20). The van der Waals surface area contributed by atoms with E-state index in [-0.39, 0.29) is 0 Å². The van der Waals surface area contributed by atoms with E-state index in [2.05, 4.69) is 15.6 Å². The van der Waals surface area contributed by atoms with Crippen molar-refractivity contribution in [3.63, 3.8) is 0 Å². The average Bonchev–Trinajstić information content (AvgIpc) is 2.57. The zero-order chi connectivity index (χ0) is 16.8. The van der Waals surface area contributed by atoms with E-state index in [4.69, 9.17) is 14.2 Å². The molecule has 0 heterocycles. The molecule has 1 aromatic rings. The predicted octanol–water partition coefficient (Wildman–Crippen LogP) is 1.80. The van der Waals surface area contributed by atoms with Crippen LogP contribution in [-0.4, -0.2) is 52.6 Å². The van der Waals surface area contributed by atoms with Gasteiger partial charge < -0.3 is 24.8 Å². The van der Waals surface area contributed by atoms with Gasteiger partial charge in [-0.15, -0.1) is 0 Å². The lowest BCUT2D eigenvalue weighted by Crippen LogP contribution is -2.39. The number of rotatable bonds is 11. The van der Waals surface area contributed by atoms with Crippen LogP contribution in [0.4, 0.5) is 0 Å². The third kappa shape index (κ3) is 9.05. The number of hydrogen-bond donors (Lipinski definition) is 2. The number of ether oxygens (including phenoxy) is 3. The molecule has 0 aliphatic heterocycles. The van der Waals surface area contributed by atoms with Gasteiger partial charge in [-0.2, -0.15) is 0 Å². The van der Waals surface area contributed by atoms with E-state index in [1.54, 1.807) is 7.11 Å². The van der Waals surface area contributed by atoms with Crippen molar-refractivity contribution in [2.75, 3.05) is 46.6 Å². The molecule has 0 fully saturated rings. The number of guanidine groups is 1. The molecule has 23 heavy (non-hydrogen) atoms. The number of benzene rings is 1. The fourth-order valence-corrected chi connectivity index (χ4v) is 1.87. The quantitative estimate of drug-likeness (QED) is 0.369. The maximum absolute atomic E-state index is 5.61. The molecule has 130 valence electrons. The Hall–Kier alpha value is -1.79. The van der Waals surface area contributed by atoms with Crippen LogP contribution in [-0.2, 0) is 16.0 Å². The lowest BCUT2D eigenvalue weighted by molar-refractivity contribution is 0.146. The van der Waals surface area contributed by atoms with Gasteiger partial charge in [-0.3, -0.25) is 0 Å². The molecule has 0 spiro atoms. The summed E-state index contributed by atoms with van der Waals surface area (Å²) in [4.78, 5) is 4.58. The fourth-order valence-electron chi connectivity index (χ4n) is 1.87. The molecular weight excluding hydrogens is 294 g/mol. The van der Waals surface area contributed by atoms with E-state index in [1.807, 2.05) is 38.1 Å². The van der Waals surface area contributed by atoms with Gasteiger partial charge >= 0.3 is 0 Å². The molecule has 0 aliphatic carbocycles. The molecule has 0 bridgehead atoms. The van der Waals surface area contributed by atoms with E-state index in [0.717, 1.165) is 37.0 Å². The van der Waals surface area contributed by atoms with Gasteiger partial charge in [-0.25, -0.2) is 4.99 Å². The molecule has 0 saturated heterocycles. The fraction of sp³-hybridized carbons (Fsp3) is 0.588. The lowest BCUT2D eigenvalue weighted by Gasteiger charge is -2.11. The first kappa shape index (κ1) is 19.3. The topological polar surface area (TPSA) is 64.1 Å². The Morgan fingerprint density at radius 1 is 1.13 bits per heavy atom. The largest absolute Gasteiger partial charge is 0.491 e. The van der Waals surface area contributed by atoms with E-state index in [1.165, 1.54) is 0 Å². The summed E-state index contributed by atoms with van der Waals surface area (Å²) in [6, 6.07) is 7.95. The van der Waals surface area contributed by atoms with Gasteiger partial charge in [0.15, 0.2) is 5.96 Å². The summed E-state index contributed by atoms with van der Waals surface area (Å²) in [7, 11) is 1.66. The van der Waals surface area contributed by atoms with Crippen LogP contribution < -0.4 is 15.4 Å². The number of methoxy groups -OCH3 is 1. The van der Waals surface area contributed by atoms with Crippen molar-refractivity contribution in [2.24, 2.45) is 4.99 Å². The van der Waals surface area contributed by atoms with Crippen molar-refractivity contribution in [2.45, 2.75) is 20.4 Å². The Morgan fingerprint density at radius 3 is 2.74 bits per heavy atom. The van der Waals surface area contributed by atoms with Crippen molar-refractivity contribution < 1.29 is 14.2 Å². The summed E-state index contributed by atoms with van der Waals surface area (Å²) >= 11 is 0. The van der Waals surface area contributed by atoms with Crippen molar-refractivity contribution in [3.8, 4) is 5.75 Å². The van der Waals surface area contributed by atoms with Gasteiger partial charge in [0.1, 0.15) is 12.4 Å². The summed E-state index contributed by atoms with van der Waals surface area (Å²) in [6.45, 7) is 8.70. The van der Waals surface area contributed by atoms with Crippen LogP contribution in [0.1, 0.15) is 19.4 Å². The zero-order valence-electron chi connectivity index (χ0n) is 14.4. The molecule has 0 radical (unpaired) electrons. The minimum atomic E-state index is 0.546. The Morgan fingerprint density at radius 2 is 2.00 bits per heavy atom. The molecule has 0 aromatic heterocycles. The summed E-state index contributed by atoms with van der Waals surface area (Å²) in [6.07, 6.45) is 0. The Kier molecular flexibility index (Phi) is 10.7. The van der Waals surface area contributed by atoms with E-state index < -0.39 is 0 Å². The van der Waals surface area contributed by atoms with Crippen molar-refractivity contribution >= 4 is 5.96 Å². The zero-order valence-corrected chi connectivity index (χ0v) is 14.4. The van der Waals surface area contributed by atoms with E-state index in [9.17, 15) is 0 Å². The van der Waals surface area contributed by atoms with Gasteiger partial charge in [0.2, 0.25) is 0 Å². The van der Waals surface area contributed by atoms with Crippen LogP contribution in [0, 0.1) is 0 Å². The number of aliphatic imine (C=N–C) groups is 1. The molecule has 0 saturated carbocycles. The molecule has 0 aliphatic rings. The first-order valence-corrected chi connectivity index (χ1v) is 8.10. The van der Waals surface area contributed by atoms with Gasteiger partial charge in [-0.05, 0) is 31.5 Å². The normalized spacial score (nSPS) is 11.3. The summed E-state index contributed by atoms with van der Waals surface area (Å²) in [5.74, 6) is 1.63. The summed E-state index contributed by atoms with van der Waals surface area (Å²) in [5.41, 5.74) is 1.10. The molecule has 0 atom stereocenters. The molecule has 0 amide bonds. The predicted molar refractivity (Wildman–Crippen MR) is 93.1 cm³/mol. The average molecular weight is 323 g/mol. The highest BCUT2D eigenvalue weighted by molar-refractivity contribution is 5.79. The van der Waals surface area contributed by atoms with Crippen LogP contribution in [0.2, 0.25) is 0 Å². The second-order valence-electron chi connectivity index (χ2n) is 4.81. The molecule has 0 unspecified atom stereocenters.